The monoisotopic (exact) mass is 281 g/mol. The van der Waals surface area contributed by atoms with Crippen LogP contribution in [-0.4, -0.2) is 11.9 Å². The van der Waals surface area contributed by atoms with Gasteiger partial charge in [0.1, 0.15) is 0 Å². The number of para-hydroxylation sites is 1. The van der Waals surface area contributed by atoms with Crippen molar-refractivity contribution in [3.8, 4) is 0 Å². The van der Waals surface area contributed by atoms with Crippen molar-refractivity contribution in [2.45, 2.75) is 26.7 Å². The zero-order chi connectivity index (χ0) is 15.2. The van der Waals surface area contributed by atoms with Gasteiger partial charge in [0.25, 0.3) is 0 Å². The zero-order valence-electron chi connectivity index (χ0n) is 12.5. The number of aliphatic imine (C=N–C) groups is 1. The Labute approximate surface area is 125 Å². The van der Waals surface area contributed by atoms with Crippen molar-refractivity contribution in [3.05, 3.63) is 65.7 Å². The van der Waals surface area contributed by atoms with Gasteiger partial charge in [-0.05, 0) is 29.7 Å². The molecule has 0 radical (unpaired) electrons. The number of hydrogen-bond acceptors (Lipinski definition) is 3. The second-order valence-electron chi connectivity index (χ2n) is 5.10. The van der Waals surface area contributed by atoms with Crippen molar-refractivity contribution in [2.75, 3.05) is 0 Å². The lowest BCUT2D eigenvalue weighted by Gasteiger charge is -2.11. The van der Waals surface area contributed by atoms with E-state index in [1.807, 2.05) is 48.5 Å². The van der Waals surface area contributed by atoms with Crippen molar-refractivity contribution < 1.29 is 9.53 Å². The molecule has 3 heteroatoms. The van der Waals surface area contributed by atoms with E-state index >= 15 is 0 Å². The Kier molecular flexibility index (Phi) is 4.88. The number of carbonyl (C=O) groups excluding carboxylic acids is 1. The molecule has 0 atom stereocenters. The molecule has 0 saturated heterocycles. The van der Waals surface area contributed by atoms with E-state index in [0.717, 1.165) is 11.3 Å². The van der Waals surface area contributed by atoms with E-state index in [2.05, 4.69) is 18.8 Å². The first kappa shape index (κ1) is 15.0. The van der Waals surface area contributed by atoms with Gasteiger partial charge in [-0.2, -0.15) is 0 Å². The first-order valence-corrected chi connectivity index (χ1v) is 6.99. The van der Waals surface area contributed by atoms with Gasteiger partial charge in [0, 0.05) is 6.92 Å². The van der Waals surface area contributed by atoms with Crippen LogP contribution in [-0.2, 0) is 4.74 Å². The largest absolute Gasteiger partial charge is 0.408 e. The molecule has 2 aromatic carbocycles. The van der Waals surface area contributed by atoms with Crippen LogP contribution < -0.4 is 0 Å². The Morgan fingerprint density at radius 1 is 1.00 bits per heavy atom. The first-order valence-electron chi connectivity index (χ1n) is 6.99. The number of hydrogen-bond donors (Lipinski definition) is 0. The molecule has 0 bridgehead atoms. The Morgan fingerprint density at radius 2 is 1.62 bits per heavy atom. The molecule has 0 heterocycles. The normalized spacial score (nSPS) is 11.5. The summed E-state index contributed by atoms with van der Waals surface area (Å²) in [6.45, 7) is 5.79. The highest BCUT2D eigenvalue weighted by Gasteiger charge is 2.15. The van der Waals surface area contributed by atoms with Gasteiger partial charge in [-0.3, -0.25) is 0 Å². The van der Waals surface area contributed by atoms with Crippen LogP contribution in [0.5, 0.6) is 0 Å². The van der Waals surface area contributed by atoms with Crippen LogP contribution in [0.1, 0.15) is 42.6 Å². The van der Waals surface area contributed by atoms with E-state index in [9.17, 15) is 4.79 Å². The maximum atomic E-state index is 12.3. The molecule has 0 unspecified atom stereocenters. The molecular weight excluding hydrogens is 262 g/mol. The Bertz CT molecular complexity index is 645. The van der Waals surface area contributed by atoms with Crippen LogP contribution in [0.2, 0.25) is 0 Å². The molecule has 0 aliphatic carbocycles. The van der Waals surface area contributed by atoms with Crippen molar-refractivity contribution in [3.63, 3.8) is 0 Å². The number of benzene rings is 2. The maximum absolute atomic E-state index is 12.3. The van der Waals surface area contributed by atoms with Crippen LogP contribution in [0, 0.1) is 0 Å². The van der Waals surface area contributed by atoms with E-state index < -0.39 is 0 Å². The fourth-order valence-corrected chi connectivity index (χ4v) is 2.08. The Balaban J connectivity index is 2.17. The second kappa shape index (κ2) is 6.84. The summed E-state index contributed by atoms with van der Waals surface area (Å²) in [7, 11) is 0. The van der Waals surface area contributed by atoms with Gasteiger partial charge < -0.3 is 4.74 Å². The molecular formula is C18H19NO2. The van der Waals surface area contributed by atoms with Crippen molar-refractivity contribution in [1.82, 2.24) is 0 Å². The summed E-state index contributed by atoms with van der Waals surface area (Å²) in [6.07, 6.45) is 0. The van der Waals surface area contributed by atoms with Crippen LogP contribution in [0.3, 0.4) is 0 Å². The minimum atomic E-state index is -0.364. The van der Waals surface area contributed by atoms with Gasteiger partial charge in [0.2, 0.25) is 0 Å². The molecule has 0 fully saturated rings. The smallest absolute Gasteiger partial charge is 0.344 e. The molecule has 2 aromatic rings. The van der Waals surface area contributed by atoms with Gasteiger partial charge in [0.05, 0.1) is 11.3 Å². The third-order valence-corrected chi connectivity index (χ3v) is 3.09. The summed E-state index contributed by atoms with van der Waals surface area (Å²) in [4.78, 5) is 16.5. The minimum Gasteiger partial charge on any atom is -0.408 e. The van der Waals surface area contributed by atoms with Gasteiger partial charge in [-0.15, -0.1) is 0 Å². The van der Waals surface area contributed by atoms with Crippen LogP contribution in [0.15, 0.2) is 59.6 Å². The number of esters is 1. The first-order chi connectivity index (χ1) is 10.1. The molecule has 2 rings (SSSR count). The third kappa shape index (κ3) is 4.02. The average molecular weight is 281 g/mol. The van der Waals surface area contributed by atoms with E-state index in [1.54, 1.807) is 13.0 Å². The van der Waals surface area contributed by atoms with Gasteiger partial charge in [-0.25, -0.2) is 9.79 Å². The van der Waals surface area contributed by atoms with Crippen LogP contribution in [0.4, 0.5) is 5.69 Å². The predicted octanol–water partition coefficient (Wildman–Crippen LogP) is 4.72. The number of nitrogens with zero attached hydrogens (tertiary/aromatic N) is 1. The highest BCUT2D eigenvalue weighted by atomic mass is 16.5. The van der Waals surface area contributed by atoms with Crippen LogP contribution >= 0.6 is 0 Å². The summed E-state index contributed by atoms with van der Waals surface area (Å²) in [5.41, 5.74) is 2.34. The molecule has 108 valence electrons. The van der Waals surface area contributed by atoms with E-state index in [-0.39, 0.29) is 11.9 Å². The lowest BCUT2D eigenvalue weighted by molar-refractivity contribution is 0.0714. The standard InChI is InChI=1S/C18H19NO2/c1-13(2)16-11-7-8-12-17(16)18(20)21-14(3)19-15-9-5-4-6-10-15/h4-13H,1-3H3. The lowest BCUT2D eigenvalue weighted by atomic mass is 9.97. The molecule has 0 N–H and O–H groups in total. The van der Waals surface area contributed by atoms with Gasteiger partial charge in [-0.1, -0.05) is 50.2 Å². The van der Waals surface area contributed by atoms with Gasteiger partial charge in [0.15, 0.2) is 5.90 Å². The summed E-state index contributed by atoms with van der Waals surface area (Å²) < 4.78 is 5.34. The summed E-state index contributed by atoms with van der Waals surface area (Å²) in [5, 5.41) is 0. The Hall–Kier alpha value is -2.42. The number of rotatable bonds is 3. The minimum absolute atomic E-state index is 0.264. The predicted molar refractivity (Wildman–Crippen MR) is 85.2 cm³/mol. The van der Waals surface area contributed by atoms with Gasteiger partial charge >= 0.3 is 5.97 Å². The van der Waals surface area contributed by atoms with Crippen molar-refractivity contribution in [1.29, 1.82) is 0 Å². The summed E-state index contributed by atoms with van der Waals surface area (Å²) >= 11 is 0. The fraction of sp³-hybridized carbons (Fsp3) is 0.222. The Morgan fingerprint density at radius 3 is 2.29 bits per heavy atom. The van der Waals surface area contributed by atoms with Crippen molar-refractivity contribution in [2.24, 2.45) is 4.99 Å². The SMILES string of the molecule is CC(=Nc1ccccc1)OC(=O)c1ccccc1C(C)C. The van der Waals surface area contributed by atoms with E-state index in [0.29, 0.717) is 11.5 Å². The molecule has 0 aliphatic heterocycles. The zero-order valence-corrected chi connectivity index (χ0v) is 12.5. The van der Waals surface area contributed by atoms with Crippen molar-refractivity contribution >= 4 is 17.6 Å². The topological polar surface area (TPSA) is 38.7 Å². The number of ether oxygens (including phenoxy) is 1. The van der Waals surface area contributed by atoms with E-state index in [1.165, 1.54) is 0 Å². The number of carbonyl (C=O) groups is 1. The fourth-order valence-electron chi connectivity index (χ4n) is 2.08. The molecule has 0 spiro atoms. The molecule has 0 amide bonds. The quantitative estimate of drug-likeness (QED) is 0.464. The summed E-state index contributed by atoms with van der Waals surface area (Å²) in [5.74, 6) is 0.237. The summed E-state index contributed by atoms with van der Waals surface area (Å²) in [6, 6.07) is 16.9. The van der Waals surface area contributed by atoms with Crippen LogP contribution in [0.25, 0.3) is 0 Å². The lowest BCUT2D eigenvalue weighted by Crippen LogP contribution is -2.12. The van der Waals surface area contributed by atoms with E-state index in [4.69, 9.17) is 4.74 Å². The molecule has 0 saturated carbocycles. The maximum Gasteiger partial charge on any atom is 0.344 e. The molecule has 3 nitrogen and oxygen atoms in total. The molecule has 21 heavy (non-hydrogen) atoms. The highest BCUT2D eigenvalue weighted by Crippen LogP contribution is 2.20. The highest BCUT2D eigenvalue weighted by molar-refractivity contribution is 5.99. The molecule has 0 aromatic heterocycles. The average Bonchev–Trinajstić information content (AvgIpc) is 2.48. The second-order valence-corrected chi connectivity index (χ2v) is 5.10. The molecule has 0 aliphatic rings. The third-order valence-electron chi connectivity index (χ3n) is 3.09.